The van der Waals surface area contributed by atoms with Crippen LogP contribution in [-0.4, -0.2) is 5.84 Å². The van der Waals surface area contributed by atoms with Crippen LogP contribution in [0, 0.1) is 17.3 Å². The van der Waals surface area contributed by atoms with E-state index in [9.17, 15) is 0 Å². The Bertz CT molecular complexity index is 215. The van der Waals surface area contributed by atoms with E-state index in [1.165, 1.54) is 0 Å². The fourth-order valence-electron chi connectivity index (χ4n) is 0.675. The molecule has 0 unspecified atom stereocenters. The van der Waals surface area contributed by atoms with Gasteiger partial charge in [-0.15, -0.1) is 0 Å². The maximum absolute atomic E-state index is 7.00. The molecule has 1 aliphatic carbocycles. The van der Waals surface area contributed by atoms with Gasteiger partial charge in [-0.25, -0.2) is 0 Å². The van der Waals surface area contributed by atoms with Gasteiger partial charge in [-0.1, -0.05) is 17.9 Å². The van der Waals surface area contributed by atoms with Crippen LogP contribution >= 0.6 is 0 Å². The summed E-state index contributed by atoms with van der Waals surface area (Å²) in [6, 6.07) is 0. The average molecular weight is 120 g/mol. The SMILES string of the molecule is N=C(N)C1=CCCC#C1. The third kappa shape index (κ3) is 1.33. The summed E-state index contributed by atoms with van der Waals surface area (Å²) in [5.74, 6) is 5.74. The number of nitrogens with two attached hydrogens (primary N) is 1. The summed E-state index contributed by atoms with van der Waals surface area (Å²) in [6.07, 6.45) is 3.73. The molecular formula is C7H8N2. The Morgan fingerprint density at radius 1 is 1.78 bits per heavy atom. The van der Waals surface area contributed by atoms with Gasteiger partial charge < -0.3 is 5.73 Å². The molecule has 3 N–H and O–H groups in total. The normalized spacial score (nSPS) is 15.3. The molecule has 0 aliphatic heterocycles. The van der Waals surface area contributed by atoms with Gasteiger partial charge in [0.2, 0.25) is 0 Å². The molecule has 0 heterocycles. The Balaban J connectivity index is 2.77. The zero-order valence-corrected chi connectivity index (χ0v) is 5.07. The fraction of sp³-hybridized carbons (Fsp3) is 0.286. The van der Waals surface area contributed by atoms with Gasteiger partial charge in [0.25, 0.3) is 0 Å². The highest BCUT2D eigenvalue weighted by atomic mass is 14.7. The maximum atomic E-state index is 7.00. The van der Waals surface area contributed by atoms with Gasteiger partial charge in [-0.3, -0.25) is 5.41 Å². The van der Waals surface area contributed by atoms with Crippen molar-refractivity contribution in [1.82, 2.24) is 0 Å². The van der Waals surface area contributed by atoms with E-state index in [1.54, 1.807) is 0 Å². The molecule has 0 amide bonds. The number of amidine groups is 1. The molecule has 0 aromatic carbocycles. The van der Waals surface area contributed by atoms with Crippen LogP contribution in [-0.2, 0) is 0 Å². The van der Waals surface area contributed by atoms with Crippen LogP contribution in [0.1, 0.15) is 12.8 Å². The van der Waals surface area contributed by atoms with Gasteiger partial charge in [-0.05, 0) is 6.42 Å². The van der Waals surface area contributed by atoms with Gasteiger partial charge >= 0.3 is 0 Å². The quantitative estimate of drug-likeness (QED) is 0.298. The van der Waals surface area contributed by atoms with E-state index in [0.29, 0.717) is 5.57 Å². The van der Waals surface area contributed by atoms with E-state index < -0.39 is 0 Å². The molecule has 9 heavy (non-hydrogen) atoms. The molecule has 46 valence electrons. The molecule has 0 spiro atoms. The minimum Gasteiger partial charge on any atom is -0.383 e. The van der Waals surface area contributed by atoms with Crippen molar-refractivity contribution in [3.8, 4) is 11.8 Å². The predicted octanol–water partition coefficient (Wildman–Crippen LogP) is 0.646. The first-order chi connectivity index (χ1) is 4.30. The monoisotopic (exact) mass is 120 g/mol. The zero-order chi connectivity index (χ0) is 6.69. The number of rotatable bonds is 1. The molecular weight excluding hydrogens is 112 g/mol. The van der Waals surface area contributed by atoms with Crippen molar-refractivity contribution in [2.24, 2.45) is 5.73 Å². The van der Waals surface area contributed by atoms with E-state index in [-0.39, 0.29) is 5.84 Å². The van der Waals surface area contributed by atoms with Gasteiger partial charge in [-0.2, -0.15) is 0 Å². The molecule has 2 nitrogen and oxygen atoms in total. The average Bonchev–Trinajstić information content (AvgIpc) is 1.90. The Labute approximate surface area is 54.3 Å². The van der Waals surface area contributed by atoms with E-state index >= 15 is 0 Å². The number of hydrogen-bond donors (Lipinski definition) is 2. The fourth-order valence-corrected chi connectivity index (χ4v) is 0.675. The second-order valence-electron chi connectivity index (χ2n) is 1.87. The van der Waals surface area contributed by atoms with Crippen LogP contribution in [0.15, 0.2) is 11.6 Å². The standard InChI is InChI=1S/C7H8N2/c8-7(9)6-4-2-1-3-5-6/h4H,1-2H2,(H3,8,9). The molecule has 0 fully saturated rings. The molecule has 0 atom stereocenters. The molecule has 0 aromatic rings. The van der Waals surface area contributed by atoms with Crippen molar-refractivity contribution in [2.75, 3.05) is 0 Å². The zero-order valence-electron chi connectivity index (χ0n) is 5.07. The van der Waals surface area contributed by atoms with Crippen molar-refractivity contribution in [2.45, 2.75) is 12.8 Å². The highest BCUT2D eigenvalue weighted by Crippen LogP contribution is 2.01. The number of allylic oxidation sites excluding steroid dienone is 1. The lowest BCUT2D eigenvalue weighted by atomic mass is 10.1. The first-order valence-corrected chi connectivity index (χ1v) is 2.84. The first-order valence-electron chi connectivity index (χ1n) is 2.84. The number of hydrogen-bond acceptors (Lipinski definition) is 1. The van der Waals surface area contributed by atoms with Crippen molar-refractivity contribution in [3.05, 3.63) is 11.6 Å². The van der Waals surface area contributed by atoms with Crippen LogP contribution < -0.4 is 5.73 Å². The van der Waals surface area contributed by atoms with Gasteiger partial charge in [0.05, 0.1) is 5.57 Å². The highest BCUT2D eigenvalue weighted by molar-refractivity contribution is 5.98. The van der Waals surface area contributed by atoms with Crippen molar-refractivity contribution in [1.29, 1.82) is 5.41 Å². The summed E-state index contributed by atoms with van der Waals surface area (Å²) >= 11 is 0. The van der Waals surface area contributed by atoms with E-state index in [2.05, 4.69) is 11.8 Å². The molecule has 0 bridgehead atoms. The first kappa shape index (κ1) is 5.90. The summed E-state index contributed by atoms with van der Waals surface area (Å²) in [5.41, 5.74) is 5.86. The topological polar surface area (TPSA) is 49.9 Å². The highest BCUT2D eigenvalue weighted by Gasteiger charge is 1.97. The third-order valence-corrected chi connectivity index (χ3v) is 1.13. The second kappa shape index (κ2) is 2.36. The van der Waals surface area contributed by atoms with E-state index in [0.717, 1.165) is 12.8 Å². The molecule has 0 radical (unpaired) electrons. The van der Waals surface area contributed by atoms with Gasteiger partial charge in [0.1, 0.15) is 5.84 Å². The van der Waals surface area contributed by atoms with Crippen molar-refractivity contribution >= 4 is 5.84 Å². The smallest absolute Gasteiger partial charge is 0.131 e. The Morgan fingerprint density at radius 3 is 2.89 bits per heavy atom. The maximum Gasteiger partial charge on any atom is 0.131 e. The summed E-state index contributed by atoms with van der Waals surface area (Å²) in [6.45, 7) is 0. The van der Waals surface area contributed by atoms with Crippen LogP contribution in [0.4, 0.5) is 0 Å². The minimum atomic E-state index is 0.0854. The molecule has 1 rings (SSSR count). The molecule has 1 aliphatic rings. The van der Waals surface area contributed by atoms with Crippen LogP contribution in [0.25, 0.3) is 0 Å². The Morgan fingerprint density at radius 2 is 2.56 bits per heavy atom. The summed E-state index contributed by atoms with van der Waals surface area (Å²) < 4.78 is 0. The van der Waals surface area contributed by atoms with Gasteiger partial charge in [0.15, 0.2) is 0 Å². The molecule has 0 aromatic heterocycles. The van der Waals surface area contributed by atoms with Crippen LogP contribution in [0.3, 0.4) is 0 Å². The Kier molecular flexibility index (Phi) is 1.55. The summed E-state index contributed by atoms with van der Waals surface area (Å²) in [5, 5.41) is 7.00. The van der Waals surface area contributed by atoms with Gasteiger partial charge in [0, 0.05) is 6.42 Å². The lowest BCUT2D eigenvalue weighted by Crippen LogP contribution is -2.12. The largest absolute Gasteiger partial charge is 0.383 e. The minimum absolute atomic E-state index is 0.0854. The lowest BCUT2D eigenvalue weighted by Gasteiger charge is -1.98. The van der Waals surface area contributed by atoms with E-state index in [4.69, 9.17) is 11.1 Å². The molecule has 2 heteroatoms. The summed E-state index contributed by atoms with van der Waals surface area (Å²) in [4.78, 5) is 0. The van der Waals surface area contributed by atoms with Crippen molar-refractivity contribution < 1.29 is 0 Å². The predicted molar refractivity (Wildman–Crippen MR) is 37.0 cm³/mol. The van der Waals surface area contributed by atoms with Crippen LogP contribution in [0.2, 0.25) is 0 Å². The second-order valence-corrected chi connectivity index (χ2v) is 1.87. The van der Waals surface area contributed by atoms with Crippen molar-refractivity contribution in [3.63, 3.8) is 0 Å². The summed E-state index contributed by atoms with van der Waals surface area (Å²) in [7, 11) is 0. The molecule has 0 saturated heterocycles. The lowest BCUT2D eigenvalue weighted by molar-refractivity contribution is 1.07. The number of nitrogens with one attached hydrogen (secondary N) is 1. The van der Waals surface area contributed by atoms with E-state index in [1.807, 2.05) is 6.08 Å². The Hall–Kier alpha value is -1.23. The molecule has 0 saturated carbocycles. The van der Waals surface area contributed by atoms with Crippen LogP contribution in [0.5, 0.6) is 0 Å². The third-order valence-electron chi connectivity index (χ3n) is 1.13.